The Morgan fingerprint density at radius 1 is 1.18 bits per heavy atom. The van der Waals surface area contributed by atoms with Crippen molar-refractivity contribution in [3.8, 4) is 0 Å². The van der Waals surface area contributed by atoms with E-state index >= 15 is 0 Å². The maximum absolute atomic E-state index is 13.4. The highest BCUT2D eigenvalue weighted by Gasteiger charge is 2.35. The molecule has 0 radical (unpaired) electrons. The van der Waals surface area contributed by atoms with Crippen LogP contribution in [-0.4, -0.2) is 36.3 Å². The van der Waals surface area contributed by atoms with E-state index in [0.717, 1.165) is 23.5 Å². The van der Waals surface area contributed by atoms with Crippen LogP contribution in [0.5, 0.6) is 0 Å². The molecule has 1 N–H and O–H groups in total. The predicted octanol–water partition coefficient (Wildman–Crippen LogP) is 5.54. The lowest BCUT2D eigenvalue weighted by molar-refractivity contribution is -0.137. The number of amides is 1. The summed E-state index contributed by atoms with van der Waals surface area (Å²) in [7, 11) is -4.40. The summed E-state index contributed by atoms with van der Waals surface area (Å²) in [6.45, 7) is 3.11. The molecule has 0 bridgehead atoms. The minimum atomic E-state index is -4.82. The van der Waals surface area contributed by atoms with Crippen molar-refractivity contribution in [1.29, 1.82) is 0 Å². The number of sulfonamides is 1. The smallest absolute Gasteiger partial charge is 0.299 e. The number of carbonyl (C=O) groups is 1. The van der Waals surface area contributed by atoms with Crippen LogP contribution in [0.25, 0.3) is 0 Å². The summed E-state index contributed by atoms with van der Waals surface area (Å²) in [5.41, 5.74) is -1.59. The maximum atomic E-state index is 13.4. The Morgan fingerprint density at radius 2 is 1.85 bits per heavy atom. The zero-order valence-electron chi connectivity index (χ0n) is 17.7. The van der Waals surface area contributed by atoms with Crippen LogP contribution in [0.2, 0.25) is 5.02 Å². The van der Waals surface area contributed by atoms with Gasteiger partial charge in [-0.05, 0) is 30.3 Å². The molecule has 0 aliphatic carbocycles. The number of halogens is 4. The number of thioether (sulfide) groups is 1. The monoisotopic (exact) mass is 550 g/mol. The van der Waals surface area contributed by atoms with E-state index in [0.29, 0.717) is 14.7 Å². The van der Waals surface area contributed by atoms with E-state index in [9.17, 15) is 26.4 Å². The Bertz CT molecular complexity index is 1270. The Balaban J connectivity index is 1.96. The fraction of sp³-hybridized carbons (Fsp3) is 0.250. The number of nitrogens with one attached hydrogen (secondary N) is 1. The van der Waals surface area contributed by atoms with Gasteiger partial charge in [-0.3, -0.25) is 14.4 Å². The Labute approximate surface area is 207 Å². The molecule has 14 heteroatoms. The molecule has 0 spiro atoms. The van der Waals surface area contributed by atoms with Crippen LogP contribution in [0.4, 0.5) is 24.0 Å². The van der Waals surface area contributed by atoms with Crippen molar-refractivity contribution in [2.75, 3.05) is 16.2 Å². The molecule has 1 amide bonds. The molecular weight excluding hydrogens is 533 g/mol. The van der Waals surface area contributed by atoms with Crippen molar-refractivity contribution in [2.24, 2.45) is 0 Å². The fourth-order valence-corrected chi connectivity index (χ4v) is 6.37. The molecule has 0 aliphatic heterocycles. The van der Waals surface area contributed by atoms with Gasteiger partial charge in [-0.1, -0.05) is 66.7 Å². The van der Waals surface area contributed by atoms with Gasteiger partial charge in [0.2, 0.25) is 11.0 Å². The molecule has 2 aromatic carbocycles. The van der Waals surface area contributed by atoms with Gasteiger partial charge in [0.1, 0.15) is 6.54 Å². The number of hydrogen-bond acceptors (Lipinski definition) is 7. The van der Waals surface area contributed by atoms with Crippen LogP contribution in [-0.2, 0) is 21.0 Å². The molecular formula is C20H18ClF3N4O3S3. The van der Waals surface area contributed by atoms with Gasteiger partial charge in [0, 0.05) is 5.25 Å². The number of aromatic nitrogens is 2. The van der Waals surface area contributed by atoms with Crippen LogP contribution >= 0.6 is 34.7 Å². The lowest BCUT2D eigenvalue weighted by atomic mass is 10.2. The maximum Gasteiger partial charge on any atom is 0.417 e. The van der Waals surface area contributed by atoms with E-state index in [2.05, 4.69) is 15.5 Å². The quantitative estimate of drug-likeness (QED) is 0.292. The molecule has 3 rings (SSSR count). The summed E-state index contributed by atoms with van der Waals surface area (Å²) in [5, 5.41) is 10.0. The summed E-state index contributed by atoms with van der Waals surface area (Å²) in [4.78, 5) is 12.5. The van der Waals surface area contributed by atoms with Crippen molar-refractivity contribution in [3.63, 3.8) is 0 Å². The number of hydrogen-bond donors (Lipinski definition) is 1. The molecule has 3 aromatic rings. The van der Waals surface area contributed by atoms with Crippen molar-refractivity contribution in [1.82, 2.24) is 10.2 Å². The summed E-state index contributed by atoms with van der Waals surface area (Å²) in [5.74, 6) is -0.805. The van der Waals surface area contributed by atoms with Gasteiger partial charge in [-0.15, -0.1) is 10.2 Å². The molecule has 0 fully saturated rings. The second-order valence-electron chi connectivity index (χ2n) is 7.07. The highest BCUT2D eigenvalue weighted by Crippen LogP contribution is 2.38. The molecule has 0 unspecified atom stereocenters. The van der Waals surface area contributed by atoms with Crippen LogP contribution in [0.3, 0.4) is 0 Å². The molecule has 182 valence electrons. The normalized spacial score (nSPS) is 12.1. The van der Waals surface area contributed by atoms with Gasteiger partial charge in [-0.2, -0.15) is 13.2 Å². The number of alkyl halides is 3. The number of nitrogens with zero attached hydrogens (tertiary/aromatic N) is 3. The van der Waals surface area contributed by atoms with Crippen LogP contribution < -0.4 is 9.62 Å². The average molecular weight is 551 g/mol. The molecule has 0 aliphatic rings. The number of carbonyl (C=O) groups excluding carboxylic acids is 1. The Kier molecular flexibility index (Phi) is 8.11. The summed E-state index contributed by atoms with van der Waals surface area (Å²) in [6.07, 6.45) is -4.82. The molecule has 34 heavy (non-hydrogen) atoms. The molecule has 7 nitrogen and oxygen atoms in total. The number of rotatable bonds is 8. The van der Waals surface area contributed by atoms with E-state index < -0.39 is 39.2 Å². The number of anilines is 2. The van der Waals surface area contributed by atoms with Gasteiger partial charge < -0.3 is 0 Å². The zero-order valence-corrected chi connectivity index (χ0v) is 20.9. The van der Waals surface area contributed by atoms with Gasteiger partial charge in [-0.25, -0.2) is 8.42 Å². The first-order valence-electron chi connectivity index (χ1n) is 9.62. The van der Waals surface area contributed by atoms with E-state index in [1.165, 1.54) is 36.0 Å². The summed E-state index contributed by atoms with van der Waals surface area (Å²) in [6, 6.07) is 9.70. The van der Waals surface area contributed by atoms with Crippen molar-refractivity contribution >= 4 is 61.4 Å². The van der Waals surface area contributed by atoms with E-state index in [4.69, 9.17) is 11.6 Å². The Hall–Kier alpha value is -2.35. The zero-order chi connectivity index (χ0) is 25.1. The second kappa shape index (κ2) is 10.5. The molecule has 0 saturated heterocycles. The topological polar surface area (TPSA) is 92.3 Å². The first kappa shape index (κ1) is 26.3. The van der Waals surface area contributed by atoms with Crippen LogP contribution in [0.1, 0.15) is 19.4 Å². The van der Waals surface area contributed by atoms with Crippen LogP contribution in [0.15, 0.2) is 57.8 Å². The molecule has 0 atom stereocenters. The third-order valence-electron chi connectivity index (χ3n) is 4.15. The van der Waals surface area contributed by atoms with E-state index in [1.54, 1.807) is 6.07 Å². The first-order chi connectivity index (χ1) is 15.9. The lowest BCUT2D eigenvalue weighted by Crippen LogP contribution is -2.38. The van der Waals surface area contributed by atoms with Gasteiger partial charge >= 0.3 is 6.18 Å². The highest BCUT2D eigenvalue weighted by atomic mass is 35.5. The number of benzene rings is 2. The van der Waals surface area contributed by atoms with Gasteiger partial charge in [0.25, 0.3) is 10.0 Å². The fourth-order valence-electron chi connectivity index (χ4n) is 2.72. The average Bonchev–Trinajstić information content (AvgIpc) is 3.18. The molecule has 0 saturated carbocycles. The highest BCUT2D eigenvalue weighted by molar-refractivity contribution is 8.01. The van der Waals surface area contributed by atoms with Crippen molar-refractivity contribution < 1.29 is 26.4 Å². The standard InChI is InChI=1S/C20H18ClF3N4O3S3/c1-12(2)32-19-27-26-18(33-19)25-17(29)11-28(34(30,31)14-6-4-3-5-7-14)13-8-9-16(21)15(10-13)20(22,23)24/h3-10,12H,11H2,1-2H3,(H,25,26,29). The van der Waals surface area contributed by atoms with Gasteiger partial charge in [0.05, 0.1) is 21.2 Å². The lowest BCUT2D eigenvalue weighted by Gasteiger charge is -2.25. The molecule has 1 heterocycles. The van der Waals surface area contributed by atoms with Crippen molar-refractivity contribution in [3.05, 3.63) is 59.1 Å². The Morgan fingerprint density at radius 3 is 2.47 bits per heavy atom. The summed E-state index contributed by atoms with van der Waals surface area (Å²) >= 11 is 8.22. The molecule has 1 aromatic heterocycles. The largest absolute Gasteiger partial charge is 0.417 e. The predicted molar refractivity (Wildman–Crippen MR) is 127 cm³/mol. The minimum absolute atomic E-state index is 0.136. The third kappa shape index (κ3) is 6.40. The summed E-state index contributed by atoms with van der Waals surface area (Å²) < 4.78 is 68.0. The van der Waals surface area contributed by atoms with Crippen molar-refractivity contribution in [2.45, 2.75) is 34.5 Å². The van der Waals surface area contributed by atoms with E-state index in [-0.39, 0.29) is 21.0 Å². The van der Waals surface area contributed by atoms with E-state index in [1.807, 2.05) is 13.8 Å². The minimum Gasteiger partial charge on any atom is -0.299 e. The van der Waals surface area contributed by atoms with Gasteiger partial charge in [0.15, 0.2) is 4.34 Å². The van der Waals surface area contributed by atoms with Crippen LogP contribution in [0, 0.1) is 0 Å². The second-order valence-corrected chi connectivity index (χ2v) is 12.1. The SMILES string of the molecule is CC(C)Sc1nnc(NC(=O)CN(c2ccc(Cl)c(C(F)(F)F)c2)S(=O)(=O)c2ccccc2)s1. The first-order valence-corrected chi connectivity index (χ1v) is 13.1. The third-order valence-corrected chi connectivity index (χ3v) is 8.20.